The van der Waals surface area contributed by atoms with Gasteiger partial charge in [0.15, 0.2) is 11.5 Å². The van der Waals surface area contributed by atoms with Gasteiger partial charge in [0.2, 0.25) is 0 Å². The van der Waals surface area contributed by atoms with E-state index in [1.807, 2.05) is 18.2 Å². The Labute approximate surface area is 129 Å². The van der Waals surface area contributed by atoms with Crippen LogP contribution in [0.2, 0.25) is 0 Å². The number of pyridine rings is 1. The Hall–Kier alpha value is -1.40. The molecule has 0 radical (unpaired) electrons. The van der Waals surface area contributed by atoms with E-state index in [9.17, 15) is 0 Å². The first-order chi connectivity index (χ1) is 9.72. The van der Waals surface area contributed by atoms with Gasteiger partial charge in [0.1, 0.15) is 19.0 Å². The lowest BCUT2D eigenvalue weighted by Gasteiger charge is -2.19. The fourth-order valence-corrected chi connectivity index (χ4v) is 3.36. The lowest BCUT2D eigenvalue weighted by molar-refractivity contribution is 0.171. The number of ether oxygens (including phenoxy) is 2. The van der Waals surface area contributed by atoms with Gasteiger partial charge in [0.05, 0.1) is 0 Å². The molecule has 2 aromatic rings. The van der Waals surface area contributed by atoms with Crippen LogP contribution in [0.15, 0.2) is 39.8 Å². The largest absolute Gasteiger partial charge is 0.486 e. The van der Waals surface area contributed by atoms with Gasteiger partial charge in [-0.15, -0.1) is 11.8 Å². The number of nitrogens with zero attached hydrogens (tertiary/aromatic N) is 1. The van der Waals surface area contributed by atoms with E-state index in [1.54, 1.807) is 24.0 Å². The second kappa shape index (κ2) is 5.93. The average Bonchev–Trinajstić information content (AvgIpc) is 2.47. The number of benzene rings is 1. The molecule has 2 N–H and O–H groups in total. The normalized spacial score (nSPS) is 13.2. The Kier molecular flexibility index (Phi) is 4.03. The van der Waals surface area contributed by atoms with Gasteiger partial charge in [0, 0.05) is 21.3 Å². The maximum Gasteiger partial charge on any atom is 0.162 e. The molecule has 0 aliphatic carbocycles. The molecule has 0 bridgehead atoms. The molecule has 0 atom stereocenters. The third kappa shape index (κ3) is 3.02. The zero-order valence-corrected chi connectivity index (χ0v) is 13.0. The lowest BCUT2D eigenvalue weighted by atomic mass is 10.2. The molecule has 1 aromatic heterocycles. The molecule has 3 rings (SSSR count). The topological polar surface area (TPSA) is 57.4 Å². The summed E-state index contributed by atoms with van der Waals surface area (Å²) in [7, 11) is 0. The SMILES string of the molecule is Nc1ccc(SCc2cc3c(cc2Br)OCCO3)cn1. The Morgan fingerprint density at radius 3 is 2.65 bits per heavy atom. The highest BCUT2D eigenvalue weighted by atomic mass is 79.9. The number of nitrogen functional groups attached to an aromatic ring is 1. The smallest absolute Gasteiger partial charge is 0.162 e. The molecule has 0 unspecified atom stereocenters. The first kappa shape index (κ1) is 13.6. The Morgan fingerprint density at radius 2 is 1.95 bits per heavy atom. The van der Waals surface area contributed by atoms with Crippen LogP contribution in [-0.4, -0.2) is 18.2 Å². The van der Waals surface area contributed by atoms with E-state index in [2.05, 4.69) is 20.9 Å². The van der Waals surface area contributed by atoms with Gasteiger partial charge >= 0.3 is 0 Å². The first-order valence-corrected chi connectivity index (χ1v) is 7.92. The fraction of sp³-hybridized carbons (Fsp3) is 0.214. The predicted octanol–water partition coefficient (Wildman–Crippen LogP) is 3.49. The molecule has 1 aromatic carbocycles. The molecule has 0 saturated carbocycles. The number of fused-ring (bicyclic) bond motifs is 1. The van der Waals surface area contributed by atoms with E-state index < -0.39 is 0 Å². The highest BCUT2D eigenvalue weighted by Crippen LogP contribution is 2.37. The molecule has 0 fully saturated rings. The van der Waals surface area contributed by atoms with E-state index in [0.29, 0.717) is 19.0 Å². The summed E-state index contributed by atoms with van der Waals surface area (Å²) in [6.07, 6.45) is 1.78. The molecular formula is C14H13BrN2O2S. The molecule has 2 heterocycles. The summed E-state index contributed by atoms with van der Waals surface area (Å²) < 4.78 is 12.2. The van der Waals surface area contributed by atoms with Gasteiger partial charge in [0.25, 0.3) is 0 Å². The van der Waals surface area contributed by atoms with E-state index in [0.717, 1.165) is 32.2 Å². The van der Waals surface area contributed by atoms with Gasteiger partial charge in [-0.1, -0.05) is 15.9 Å². The number of hydrogen-bond acceptors (Lipinski definition) is 5. The fourth-order valence-electron chi connectivity index (χ4n) is 1.85. The number of thioether (sulfide) groups is 1. The minimum absolute atomic E-state index is 0.537. The number of halogens is 1. The maximum absolute atomic E-state index is 5.60. The van der Waals surface area contributed by atoms with Gasteiger partial charge in [-0.05, 0) is 29.8 Å². The number of anilines is 1. The molecule has 4 nitrogen and oxygen atoms in total. The lowest BCUT2D eigenvalue weighted by Crippen LogP contribution is -2.15. The predicted molar refractivity (Wildman–Crippen MR) is 83.3 cm³/mol. The van der Waals surface area contributed by atoms with Crippen molar-refractivity contribution in [3.63, 3.8) is 0 Å². The van der Waals surface area contributed by atoms with E-state index in [4.69, 9.17) is 15.2 Å². The number of rotatable bonds is 3. The minimum Gasteiger partial charge on any atom is -0.486 e. The average molecular weight is 353 g/mol. The van der Waals surface area contributed by atoms with Gasteiger partial charge in [-0.25, -0.2) is 4.98 Å². The van der Waals surface area contributed by atoms with Crippen LogP contribution in [0.4, 0.5) is 5.82 Å². The van der Waals surface area contributed by atoms with Crippen LogP contribution < -0.4 is 15.2 Å². The first-order valence-electron chi connectivity index (χ1n) is 6.15. The van der Waals surface area contributed by atoms with Crippen LogP contribution in [0.25, 0.3) is 0 Å². The Morgan fingerprint density at radius 1 is 1.20 bits per heavy atom. The molecule has 104 valence electrons. The van der Waals surface area contributed by atoms with E-state index in [1.165, 1.54) is 0 Å². The van der Waals surface area contributed by atoms with Crippen LogP contribution >= 0.6 is 27.7 Å². The van der Waals surface area contributed by atoms with Crippen molar-refractivity contribution < 1.29 is 9.47 Å². The van der Waals surface area contributed by atoms with Crippen molar-refractivity contribution in [1.29, 1.82) is 0 Å². The zero-order chi connectivity index (χ0) is 13.9. The van der Waals surface area contributed by atoms with E-state index in [-0.39, 0.29) is 0 Å². The van der Waals surface area contributed by atoms with Crippen molar-refractivity contribution in [2.24, 2.45) is 0 Å². The molecule has 1 aliphatic heterocycles. The summed E-state index contributed by atoms with van der Waals surface area (Å²) in [6, 6.07) is 7.77. The number of nitrogens with two attached hydrogens (primary N) is 1. The molecular weight excluding hydrogens is 340 g/mol. The van der Waals surface area contributed by atoms with Gasteiger partial charge in [-0.3, -0.25) is 0 Å². The third-order valence-electron chi connectivity index (χ3n) is 2.86. The quantitative estimate of drug-likeness (QED) is 0.856. The van der Waals surface area contributed by atoms with Crippen molar-refractivity contribution >= 4 is 33.5 Å². The Balaban J connectivity index is 1.75. The molecule has 0 spiro atoms. The summed E-state index contributed by atoms with van der Waals surface area (Å²) >= 11 is 5.28. The second-order valence-corrected chi connectivity index (χ2v) is 6.20. The van der Waals surface area contributed by atoms with Crippen LogP contribution in [0.1, 0.15) is 5.56 Å². The maximum atomic E-state index is 5.60. The molecule has 1 aliphatic rings. The highest BCUT2D eigenvalue weighted by Gasteiger charge is 2.14. The Bertz CT molecular complexity index is 619. The van der Waals surface area contributed by atoms with Crippen molar-refractivity contribution in [3.05, 3.63) is 40.5 Å². The second-order valence-electron chi connectivity index (χ2n) is 4.29. The highest BCUT2D eigenvalue weighted by molar-refractivity contribution is 9.10. The van der Waals surface area contributed by atoms with Crippen LogP contribution in [-0.2, 0) is 5.75 Å². The van der Waals surface area contributed by atoms with Crippen LogP contribution in [0.5, 0.6) is 11.5 Å². The minimum atomic E-state index is 0.537. The van der Waals surface area contributed by atoms with Crippen molar-refractivity contribution in [2.75, 3.05) is 18.9 Å². The standard InChI is InChI=1S/C14H13BrN2O2S/c15-11-6-13-12(18-3-4-19-13)5-9(11)8-20-10-1-2-14(16)17-7-10/h1-2,5-7H,3-4,8H2,(H2,16,17). The summed E-state index contributed by atoms with van der Waals surface area (Å²) in [6.45, 7) is 1.20. The summed E-state index contributed by atoms with van der Waals surface area (Å²) in [5, 5.41) is 0. The van der Waals surface area contributed by atoms with Crippen LogP contribution in [0.3, 0.4) is 0 Å². The van der Waals surface area contributed by atoms with Crippen molar-refractivity contribution in [2.45, 2.75) is 10.6 Å². The van der Waals surface area contributed by atoms with Gasteiger partial charge in [-0.2, -0.15) is 0 Å². The van der Waals surface area contributed by atoms with E-state index >= 15 is 0 Å². The van der Waals surface area contributed by atoms with Crippen LogP contribution in [0, 0.1) is 0 Å². The number of aromatic nitrogens is 1. The molecule has 6 heteroatoms. The molecule has 20 heavy (non-hydrogen) atoms. The summed E-state index contributed by atoms with van der Waals surface area (Å²) in [4.78, 5) is 5.17. The number of hydrogen-bond donors (Lipinski definition) is 1. The third-order valence-corrected chi connectivity index (χ3v) is 4.63. The van der Waals surface area contributed by atoms with Crippen molar-refractivity contribution in [1.82, 2.24) is 4.98 Å². The van der Waals surface area contributed by atoms with Gasteiger partial charge < -0.3 is 15.2 Å². The van der Waals surface area contributed by atoms with Crippen molar-refractivity contribution in [3.8, 4) is 11.5 Å². The summed E-state index contributed by atoms with van der Waals surface area (Å²) in [5.41, 5.74) is 6.74. The monoisotopic (exact) mass is 352 g/mol. The zero-order valence-electron chi connectivity index (χ0n) is 10.6. The summed E-state index contributed by atoms with van der Waals surface area (Å²) in [5.74, 6) is 2.97. The molecule has 0 amide bonds. The molecule has 0 saturated heterocycles.